The average Bonchev–Trinajstić information content (AvgIpc) is 3.25. The third-order valence-electron chi connectivity index (χ3n) is 4.35. The molecule has 0 aliphatic carbocycles. The summed E-state index contributed by atoms with van der Waals surface area (Å²) in [5, 5.41) is 12.8. The Morgan fingerprint density at radius 2 is 2.00 bits per heavy atom. The first-order valence-corrected chi connectivity index (χ1v) is 8.23. The van der Waals surface area contributed by atoms with Gasteiger partial charge in [0.05, 0.1) is 17.4 Å². The number of aromatic amines is 2. The van der Waals surface area contributed by atoms with E-state index in [9.17, 15) is 19.1 Å². The van der Waals surface area contributed by atoms with Crippen molar-refractivity contribution in [1.82, 2.24) is 20.3 Å². The lowest BCUT2D eigenvalue weighted by molar-refractivity contribution is -0.139. The number of carboxylic acids is 1. The van der Waals surface area contributed by atoms with Crippen LogP contribution in [0.4, 0.5) is 4.39 Å². The Bertz CT molecular complexity index is 1160. The molecular formula is C19H15FN4O3. The zero-order valence-electron chi connectivity index (χ0n) is 14.0. The number of benzene rings is 2. The number of aliphatic carboxylic acids is 1. The predicted molar refractivity (Wildman–Crippen MR) is 96.9 cm³/mol. The van der Waals surface area contributed by atoms with E-state index in [2.05, 4.69) is 20.3 Å². The summed E-state index contributed by atoms with van der Waals surface area (Å²) in [6.45, 7) is 0. The number of nitrogens with zero attached hydrogens (tertiary/aromatic N) is 1. The summed E-state index contributed by atoms with van der Waals surface area (Å²) in [4.78, 5) is 34.0. The summed E-state index contributed by atoms with van der Waals surface area (Å²) in [5.74, 6) is -2.04. The zero-order chi connectivity index (χ0) is 19.0. The van der Waals surface area contributed by atoms with Crippen LogP contribution < -0.4 is 5.32 Å². The minimum atomic E-state index is -1.16. The fraction of sp³-hybridized carbons (Fsp3) is 0.105. The first-order chi connectivity index (χ1) is 13.0. The van der Waals surface area contributed by atoms with Crippen molar-refractivity contribution < 1.29 is 19.1 Å². The standard InChI is InChI=1S/C19H15FN4O3/c20-12-3-1-10-5-13(23-15(10)7-12)8-17(19(26)27)24-18(25)11-2-4-14-16(6-11)22-9-21-14/h1-7,9,17,23H,8H2,(H,21,22)(H,24,25)(H,26,27). The highest BCUT2D eigenvalue weighted by atomic mass is 19.1. The minimum Gasteiger partial charge on any atom is -0.480 e. The van der Waals surface area contributed by atoms with Gasteiger partial charge < -0.3 is 20.4 Å². The molecule has 0 bridgehead atoms. The van der Waals surface area contributed by atoms with Crippen LogP contribution in [0.3, 0.4) is 0 Å². The summed E-state index contributed by atoms with van der Waals surface area (Å²) in [5.41, 5.74) is 2.90. The van der Waals surface area contributed by atoms with Crippen LogP contribution >= 0.6 is 0 Å². The summed E-state index contributed by atoms with van der Waals surface area (Å²) in [7, 11) is 0. The van der Waals surface area contributed by atoms with E-state index < -0.39 is 17.9 Å². The fourth-order valence-corrected chi connectivity index (χ4v) is 3.01. The number of fused-ring (bicyclic) bond motifs is 2. The molecule has 8 heteroatoms. The Balaban J connectivity index is 1.54. The molecule has 2 aromatic heterocycles. The molecule has 0 fully saturated rings. The zero-order valence-corrected chi connectivity index (χ0v) is 14.0. The van der Waals surface area contributed by atoms with Gasteiger partial charge in [-0.05, 0) is 47.9 Å². The molecule has 0 saturated heterocycles. The predicted octanol–water partition coefficient (Wildman–Crippen LogP) is 2.61. The topological polar surface area (TPSA) is 111 Å². The number of rotatable bonds is 5. The quantitative estimate of drug-likeness (QED) is 0.435. The molecule has 0 radical (unpaired) electrons. The van der Waals surface area contributed by atoms with Gasteiger partial charge in [-0.25, -0.2) is 14.2 Å². The Morgan fingerprint density at radius 3 is 2.81 bits per heavy atom. The highest BCUT2D eigenvalue weighted by Crippen LogP contribution is 2.18. The highest BCUT2D eigenvalue weighted by Gasteiger charge is 2.22. The molecule has 7 nitrogen and oxygen atoms in total. The lowest BCUT2D eigenvalue weighted by atomic mass is 10.1. The molecule has 27 heavy (non-hydrogen) atoms. The Kier molecular flexibility index (Phi) is 4.08. The molecule has 1 atom stereocenters. The number of nitrogens with one attached hydrogen (secondary N) is 3. The number of carbonyl (C=O) groups excluding carboxylic acids is 1. The lowest BCUT2D eigenvalue weighted by Gasteiger charge is -2.14. The van der Waals surface area contributed by atoms with Crippen molar-refractivity contribution in [3.8, 4) is 0 Å². The number of H-pyrrole nitrogens is 2. The van der Waals surface area contributed by atoms with E-state index in [1.807, 2.05) is 0 Å². The van der Waals surface area contributed by atoms with Crippen LogP contribution in [0.1, 0.15) is 16.1 Å². The van der Waals surface area contributed by atoms with Gasteiger partial charge in [-0.3, -0.25) is 4.79 Å². The number of halogens is 1. The van der Waals surface area contributed by atoms with E-state index in [0.717, 1.165) is 5.39 Å². The van der Waals surface area contributed by atoms with Crippen molar-refractivity contribution in [2.75, 3.05) is 0 Å². The van der Waals surface area contributed by atoms with Gasteiger partial charge >= 0.3 is 5.97 Å². The molecule has 1 unspecified atom stereocenters. The van der Waals surface area contributed by atoms with Crippen molar-refractivity contribution in [2.24, 2.45) is 0 Å². The first-order valence-electron chi connectivity index (χ1n) is 8.23. The van der Waals surface area contributed by atoms with E-state index >= 15 is 0 Å². The Hall–Kier alpha value is -3.68. The van der Waals surface area contributed by atoms with Gasteiger partial charge in [0.15, 0.2) is 0 Å². The molecule has 0 aliphatic rings. The van der Waals surface area contributed by atoms with Crippen molar-refractivity contribution in [1.29, 1.82) is 0 Å². The molecule has 0 aliphatic heterocycles. The second-order valence-electron chi connectivity index (χ2n) is 6.23. The van der Waals surface area contributed by atoms with Gasteiger partial charge in [0, 0.05) is 23.2 Å². The molecular weight excluding hydrogens is 351 g/mol. The van der Waals surface area contributed by atoms with Crippen LogP contribution in [0.15, 0.2) is 48.8 Å². The van der Waals surface area contributed by atoms with Crippen LogP contribution in [0.25, 0.3) is 21.9 Å². The van der Waals surface area contributed by atoms with Gasteiger partial charge in [-0.15, -0.1) is 0 Å². The highest BCUT2D eigenvalue weighted by molar-refractivity contribution is 5.99. The number of hydrogen-bond donors (Lipinski definition) is 4. The molecule has 0 spiro atoms. The number of hydrogen-bond acceptors (Lipinski definition) is 3. The molecule has 2 aromatic carbocycles. The van der Waals surface area contributed by atoms with Gasteiger partial charge in [0.1, 0.15) is 11.9 Å². The number of imidazole rings is 1. The maximum absolute atomic E-state index is 13.3. The van der Waals surface area contributed by atoms with Gasteiger partial charge in [0.25, 0.3) is 5.91 Å². The maximum atomic E-state index is 13.3. The van der Waals surface area contributed by atoms with Crippen LogP contribution in [0, 0.1) is 5.82 Å². The smallest absolute Gasteiger partial charge is 0.326 e. The second kappa shape index (κ2) is 6.56. The molecule has 1 amide bonds. The van der Waals surface area contributed by atoms with E-state index in [0.29, 0.717) is 27.8 Å². The van der Waals surface area contributed by atoms with Gasteiger partial charge in [-0.1, -0.05) is 0 Å². The van der Waals surface area contributed by atoms with E-state index in [4.69, 9.17) is 0 Å². The van der Waals surface area contributed by atoms with Gasteiger partial charge in [0.2, 0.25) is 0 Å². The van der Waals surface area contributed by atoms with Crippen LogP contribution in [0.2, 0.25) is 0 Å². The number of amides is 1. The van der Waals surface area contributed by atoms with E-state index in [1.165, 1.54) is 18.5 Å². The summed E-state index contributed by atoms with van der Waals surface area (Å²) < 4.78 is 13.3. The lowest BCUT2D eigenvalue weighted by Crippen LogP contribution is -2.42. The molecule has 4 rings (SSSR count). The number of carbonyl (C=O) groups is 2. The summed E-state index contributed by atoms with van der Waals surface area (Å²) in [6, 6.07) is 9.78. The van der Waals surface area contributed by atoms with Crippen LogP contribution in [-0.4, -0.2) is 38.0 Å². The fourth-order valence-electron chi connectivity index (χ4n) is 3.01. The Morgan fingerprint density at radius 1 is 1.15 bits per heavy atom. The third kappa shape index (κ3) is 3.37. The van der Waals surface area contributed by atoms with Crippen molar-refractivity contribution in [3.63, 3.8) is 0 Å². The van der Waals surface area contributed by atoms with Crippen molar-refractivity contribution >= 4 is 33.8 Å². The van der Waals surface area contributed by atoms with E-state index in [-0.39, 0.29) is 12.2 Å². The van der Waals surface area contributed by atoms with E-state index in [1.54, 1.807) is 30.3 Å². The SMILES string of the molecule is O=C(NC(Cc1cc2ccc(F)cc2[nH]1)C(=O)O)c1ccc2nc[nH]c2c1. The summed E-state index contributed by atoms with van der Waals surface area (Å²) in [6.07, 6.45) is 1.56. The van der Waals surface area contributed by atoms with Crippen LogP contribution in [-0.2, 0) is 11.2 Å². The van der Waals surface area contributed by atoms with Gasteiger partial charge in [-0.2, -0.15) is 0 Å². The summed E-state index contributed by atoms with van der Waals surface area (Å²) >= 11 is 0. The first kappa shape index (κ1) is 16.8. The van der Waals surface area contributed by atoms with Crippen molar-refractivity contribution in [2.45, 2.75) is 12.5 Å². The third-order valence-corrected chi connectivity index (χ3v) is 4.35. The molecule has 4 N–H and O–H groups in total. The monoisotopic (exact) mass is 366 g/mol. The van der Waals surface area contributed by atoms with Crippen molar-refractivity contribution in [3.05, 3.63) is 65.9 Å². The normalized spacial score (nSPS) is 12.3. The Labute approximate surface area is 152 Å². The second-order valence-corrected chi connectivity index (χ2v) is 6.23. The van der Waals surface area contributed by atoms with Crippen LogP contribution in [0.5, 0.6) is 0 Å². The molecule has 2 heterocycles. The number of carboxylic acid groups (broad SMARTS) is 1. The maximum Gasteiger partial charge on any atom is 0.326 e. The number of aromatic nitrogens is 3. The largest absolute Gasteiger partial charge is 0.480 e. The molecule has 0 saturated carbocycles. The average molecular weight is 366 g/mol. The molecule has 136 valence electrons. The minimum absolute atomic E-state index is 0.0453. The molecule has 4 aromatic rings.